The van der Waals surface area contributed by atoms with Gasteiger partial charge >= 0.3 is 11.7 Å². The molecule has 30 heavy (non-hydrogen) atoms. The standard InChI is InChI=1S/C21H26N4O5/c1-4-10-24(16(26)13-30-17(27)11-14(2)3)18-19(22)25(21(29)23-20(18)28)12-15-8-6-5-7-9-15/h5-9,11H,4,10,12-13,22H2,1-3H3,(H,23,28,29). The molecule has 0 atom stereocenters. The normalized spacial score (nSPS) is 10.4. The first-order chi connectivity index (χ1) is 14.2. The number of nitrogen functional groups attached to an aromatic ring is 1. The van der Waals surface area contributed by atoms with Crippen LogP contribution in [0.15, 0.2) is 51.6 Å². The van der Waals surface area contributed by atoms with E-state index in [0.29, 0.717) is 6.42 Å². The first-order valence-corrected chi connectivity index (χ1v) is 9.53. The number of H-pyrrole nitrogens is 1. The molecule has 2 aromatic rings. The maximum Gasteiger partial charge on any atom is 0.331 e. The summed E-state index contributed by atoms with van der Waals surface area (Å²) < 4.78 is 6.16. The molecule has 0 radical (unpaired) electrons. The van der Waals surface area contributed by atoms with Crippen LogP contribution < -0.4 is 21.9 Å². The highest BCUT2D eigenvalue weighted by atomic mass is 16.5. The van der Waals surface area contributed by atoms with Gasteiger partial charge in [0.2, 0.25) is 0 Å². The number of nitrogens with zero attached hydrogens (tertiary/aromatic N) is 2. The van der Waals surface area contributed by atoms with E-state index in [-0.39, 0.29) is 24.6 Å². The number of aromatic amines is 1. The number of hydrogen-bond donors (Lipinski definition) is 2. The quantitative estimate of drug-likeness (QED) is 0.497. The minimum Gasteiger partial charge on any atom is -0.452 e. The van der Waals surface area contributed by atoms with Crippen molar-refractivity contribution in [3.63, 3.8) is 0 Å². The van der Waals surface area contributed by atoms with Gasteiger partial charge in [0, 0.05) is 12.6 Å². The van der Waals surface area contributed by atoms with Crippen molar-refractivity contribution in [3.05, 3.63) is 68.4 Å². The van der Waals surface area contributed by atoms with Gasteiger partial charge in [-0.1, -0.05) is 42.8 Å². The number of carbonyl (C=O) groups excluding carboxylic acids is 2. The second-order valence-corrected chi connectivity index (χ2v) is 6.94. The lowest BCUT2D eigenvalue weighted by Crippen LogP contribution is -2.43. The minimum atomic E-state index is -0.778. The van der Waals surface area contributed by atoms with Crippen LogP contribution in [0.4, 0.5) is 11.5 Å². The topological polar surface area (TPSA) is 127 Å². The van der Waals surface area contributed by atoms with E-state index in [4.69, 9.17) is 10.5 Å². The fourth-order valence-electron chi connectivity index (χ4n) is 2.83. The number of anilines is 2. The molecule has 0 spiro atoms. The number of nitrogens with two attached hydrogens (primary N) is 1. The summed E-state index contributed by atoms with van der Waals surface area (Å²) in [6.45, 7) is 5.00. The summed E-state index contributed by atoms with van der Waals surface area (Å²) >= 11 is 0. The zero-order chi connectivity index (χ0) is 22.3. The Kier molecular flexibility index (Phi) is 7.74. The van der Waals surface area contributed by atoms with Crippen LogP contribution in [-0.2, 0) is 20.9 Å². The molecule has 1 heterocycles. The summed E-state index contributed by atoms with van der Waals surface area (Å²) in [6, 6.07) is 9.10. The van der Waals surface area contributed by atoms with Crippen molar-refractivity contribution < 1.29 is 14.3 Å². The fourth-order valence-corrected chi connectivity index (χ4v) is 2.83. The Morgan fingerprint density at radius 3 is 2.47 bits per heavy atom. The van der Waals surface area contributed by atoms with Gasteiger partial charge in [-0.2, -0.15) is 0 Å². The van der Waals surface area contributed by atoms with Gasteiger partial charge in [0.1, 0.15) is 5.82 Å². The van der Waals surface area contributed by atoms with Crippen molar-refractivity contribution in [1.82, 2.24) is 9.55 Å². The molecular formula is C21H26N4O5. The van der Waals surface area contributed by atoms with Crippen LogP contribution in [0.1, 0.15) is 32.8 Å². The Hall–Kier alpha value is -3.62. The van der Waals surface area contributed by atoms with Gasteiger partial charge in [0.15, 0.2) is 12.3 Å². The monoisotopic (exact) mass is 414 g/mol. The molecule has 0 aliphatic heterocycles. The zero-order valence-electron chi connectivity index (χ0n) is 17.3. The second-order valence-electron chi connectivity index (χ2n) is 6.94. The lowest BCUT2D eigenvalue weighted by atomic mass is 10.2. The van der Waals surface area contributed by atoms with Crippen molar-refractivity contribution in [3.8, 4) is 0 Å². The number of aromatic nitrogens is 2. The molecule has 0 saturated heterocycles. The van der Waals surface area contributed by atoms with E-state index < -0.39 is 29.7 Å². The van der Waals surface area contributed by atoms with Gasteiger partial charge in [-0.15, -0.1) is 0 Å². The molecule has 3 N–H and O–H groups in total. The Labute approximate surface area is 173 Å². The van der Waals surface area contributed by atoms with Crippen LogP contribution in [0, 0.1) is 0 Å². The summed E-state index contributed by atoms with van der Waals surface area (Å²) in [7, 11) is 0. The molecule has 0 aliphatic carbocycles. The first kappa shape index (κ1) is 22.7. The fraction of sp³-hybridized carbons (Fsp3) is 0.333. The van der Waals surface area contributed by atoms with Gasteiger partial charge in [-0.25, -0.2) is 9.59 Å². The van der Waals surface area contributed by atoms with Crippen LogP contribution in [-0.4, -0.2) is 34.6 Å². The SMILES string of the molecule is CCCN(C(=O)COC(=O)C=C(C)C)c1c(N)n(Cc2ccccc2)c(=O)[nH]c1=O. The van der Waals surface area contributed by atoms with Crippen LogP contribution in [0.25, 0.3) is 0 Å². The molecule has 0 saturated carbocycles. The predicted molar refractivity (Wildman–Crippen MR) is 114 cm³/mol. The van der Waals surface area contributed by atoms with Gasteiger partial charge in [-0.05, 0) is 25.8 Å². The molecule has 160 valence electrons. The maximum absolute atomic E-state index is 12.7. The molecule has 1 aromatic carbocycles. The Balaban J connectivity index is 2.39. The summed E-state index contributed by atoms with van der Waals surface area (Å²) in [4.78, 5) is 52.6. The van der Waals surface area contributed by atoms with E-state index in [0.717, 1.165) is 16.0 Å². The highest BCUT2D eigenvalue weighted by Crippen LogP contribution is 2.18. The lowest BCUT2D eigenvalue weighted by Gasteiger charge is -2.24. The van der Waals surface area contributed by atoms with Crippen LogP contribution in [0.5, 0.6) is 0 Å². The molecule has 2 rings (SSSR count). The lowest BCUT2D eigenvalue weighted by molar-refractivity contribution is -0.143. The van der Waals surface area contributed by atoms with E-state index in [1.807, 2.05) is 37.3 Å². The largest absolute Gasteiger partial charge is 0.452 e. The third kappa shape index (κ3) is 5.69. The number of amides is 1. The highest BCUT2D eigenvalue weighted by molar-refractivity contribution is 5.97. The molecule has 0 fully saturated rings. The smallest absolute Gasteiger partial charge is 0.331 e. The second kappa shape index (κ2) is 10.2. The van der Waals surface area contributed by atoms with Gasteiger partial charge in [-0.3, -0.25) is 19.1 Å². The number of allylic oxidation sites excluding steroid dienone is 1. The summed E-state index contributed by atoms with van der Waals surface area (Å²) in [5.41, 5.74) is 6.08. The third-order valence-corrected chi connectivity index (χ3v) is 4.16. The number of esters is 1. The molecule has 1 amide bonds. The minimum absolute atomic E-state index is 0.124. The van der Waals surface area contributed by atoms with Crippen molar-refractivity contribution in [2.45, 2.75) is 33.7 Å². The summed E-state index contributed by atoms with van der Waals surface area (Å²) in [5, 5.41) is 0. The number of carbonyl (C=O) groups is 2. The number of hydrogen-bond acceptors (Lipinski definition) is 6. The van der Waals surface area contributed by atoms with E-state index in [9.17, 15) is 19.2 Å². The van der Waals surface area contributed by atoms with E-state index in [1.54, 1.807) is 13.8 Å². The third-order valence-electron chi connectivity index (χ3n) is 4.16. The Morgan fingerprint density at radius 1 is 1.20 bits per heavy atom. The van der Waals surface area contributed by atoms with Gasteiger partial charge < -0.3 is 15.4 Å². The van der Waals surface area contributed by atoms with Gasteiger partial charge in [0.05, 0.1) is 6.54 Å². The van der Waals surface area contributed by atoms with Gasteiger partial charge in [0.25, 0.3) is 11.5 Å². The molecule has 9 heteroatoms. The molecule has 0 aliphatic rings. The van der Waals surface area contributed by atoms with E-state index >= 15 is 0 Å². The zero-order valence-corrected chi connectivity index (χ0v) is 17.3. The molecule has 1 aromatic heterocycles. The van der Waals surface area contributed by atoms with Crippen LogP contribution in [0.3, 0.4) is 0 Å². The molecular weight excluding hydrogens is 388 g/mol. The Morgan fingerprint density at radius 2 is 1.87 bits per heavy atom. The Bertz CT molecular complexity index is 1050. The number of ether oxygens (including phenoxy) is 1. The van der Waals surface area contributed by atoms with Crippen LogP contribution in [0.2, 0.25) is 0 Å². The van der Waals surface area contributed by atoms with Crippen molar-refractivity contribution >= 4 is 23.4 Å². The highest BCUT2D eigenvalue weighted by Gasteiger charge is 2.24. The summed E-state index contributed by atoms with van der Waals surface area (Å²) in [6.07, 6.45) is 1.78. The van der Waals surface area contributed by atoms with E-state index in [1.165, 1.54) is 10.6 Å². The average Bonchev–Trinajstić information content (AvgIpc) is 2.69. The van der Waals surface area contributed by atoms with E-state index in [2.05, 4.69) is 4.98 Å². The molecule has 0 bridgehead atoms. The molecule has 9 nitrogen and oxygen atoms in total. The average molecular weight is 414 g/mol. The summed E-state index contributed by atoms with van der Waals surface area (Å²) in [5.74, 6) is -1.41. The van der Waals surface area contributed by atoms with Crippen molar-refractivity contribution in [2.24, 2.45) is 0 Å². The predicted octanol–water partition coefficient (Wildman–Crippen LogP) is 1.42. The van der Waals surface area contributed by atoms with Crippen LogP contribution >= 0.6 is 0 Å². The number of nitrogens with one attached hydrogen (secondary N) is 1. The van der Waals surface area contributed by atoms with Crippen molar-refractivity contribution in [1.29, 1.82) is 0 Å². The molecule has 0 unspecified atom stereocenters. The number of benzene rings is 1. The number of rotatable bonds is 8. The van der Waals surface area contributed by atoms with Crippen molar-refractivity contribution in [2.75, 3.05) is 23.8 Å². The maximum atomic E-state index is 12.7. The first-order valence-electron chi connectivity index (χ1n) is 9.53.